The zero-order valence-electron chi connectivity index (χ0n) is 11.9. The zero-order chi connectivity index (χ0) is 14.3. The fourth-order valence-electron chi connectivity index (χ4n) is 1.75. The predicted octanol–water partition coefficient (Wildman–Crippen LogP) is 1.48. The standard InChI is InChI=1S/C14H23N3O2/c1-4-17(8-9-19-3)10-14(18)16-13-7-5-6-12(15)11(13)2/h5-7H,4,8-10,15H2,1-3H3,(H,16,18). The molecule has 0 unspecified atom stereocenters. The van der Waals surface area contributed by atoms with Crippen LogP contribution in [0.3, 0.4) is 0 Å². The molecule has 1 aromatic rings. The highest BCUT2D eigenvalue weighted by Crippen LogP contribution is 2.20. The second kappa shape index (κ2) is 7.76. The Bertz CT molecular complexity index is 421. The van der Waals surface area contributed by atoms with E-state index in [1.54, 1.807) is 7.11 Å². The number of methoxy groups -OCH3 is 1. The van der Waals surface area contributed by atoms with Crippen LogP contribution in [0.1, 0.15) is 12.5 Å². The number of nitrogens with zero attached hydrogens (tertiary/aromatic N) is 1. The van der Waals surface area contributed by atoms with Crippen molar-refractivity contribution >= 4 is 17.3 Å². The second-order valence-corrected chi connectivity index (χ2v) is 4.43. The molecule has 0 saturated carbocycles. The Morgan fingerprint density at radius 2 is 2.21 bits per heavy atom. The smallest absolute Gasteiger partial charge is 0.238 e. The van der Waals surface area contributed by atoms with E-state index < -0.39 is 0 Å². The number of hydrogen-bond donors (Lipinski definition) is 2. The van der Waals surface area contributed by atoms with Crippen LogP contribution in [0.25, 0.3) is 0 Å². The number of hydrogen-bond acceptors (Lipinski definition) is 4. The third-order valence-electron chi connectivity index (χ3n) is 3.08. The lowest BCUT2D eigenvalue weighted by Crippen LogP contribution is -2.35. The summed E-state index contributed by atoms with van der Waals surface area (Å²) < 4.78 is 5.02. The van der Waals surface area contributed by atoms with Gasteiger partial charge in [0, 0.05) is 25.0 Å². The second-order valence-electron chi connectivity index (χ2n) is 4.43. The third-order valence-corrected chi connectivity index (χ3v) is 3.08. The van der Waals surface area contributed by atoms with Crippen LogP contribution >= 0.6 is 0 Å². The normalized spacial score (nSPS) is 10.7. The first kappa shape index (κ1) is 15.5. The van der Waals surface area contributed by atoms with Crippen LogP contribution in [-0.2, 0) is 9.53 Å². The molecule has 0 saturated heterocycles. The molecule has 19 heavy (non-hydrogen) atoms. The molecule has 5 heteroatoms. The first-order valence-electron chi connectivity index (χ1n) is 6.44. The minimum atomic E-state index is -0.0355. The van der Waals surface area contributed by atoms with E-state index in [1.807, 2.05) is 36.9 Å². The van der Waals surface area contributed by atoms with Crippen molar-refractivity contribution in [2.45, 2.75) is 13.8 Å². The van der Waals surface area contributed by atoms with Gasteiger partial charge in [0.2, 0.25) is 5.91 Å². The van der Waals surface area contributed by atoms with E-state index in [2.05, 4.69) is 5.32 Å². The van der Waals surface area contributed by atoms with Gasteiger partial charge in [0.1, 0.15) is 0 Å². The zero-order valence-corrected chi connectivity index (χ0v) is 11.9. The van der Waals surface area contributed by atoms with E-state index in [4.69, 9.17) is 10.5 Å². The van der Waals surface area contributed by atoms with E-state index >= 15 is 0 Å². The van der Waals surface area contributed by atoms with E-state index in [1.165, 1.54) is 0 Å². The number of rotatable bonds is 7. The van der Waals surface area contributed by atoms with Crippen LogP contribution in [0.2, 0.25) is 0 Å². The van der Waals surface area contributed by atoms with Crippen LogP contribution in [-0.4, -0.2) is 44.2 Å². The molecule has 0 aliphatic carbocycles. The molecule has 106 valence electrons. The van der Waals surface area contributed by atoms with Gasteiger partial charge in [-0.05, 0) is 31.2 Å². The van der Waals surface area contributed by atoms with Gasteiger partial charge >= 0.3 is 0 Å². The Morgan fingerprint density at radius 1 is 1.47 bits per heavy atom. The molecule has 1 rings (SSSR count). The van der Waals surface area contributed by atoms with Crippen LogP contribution in [0.5, 0.6) is 0 Å². The first-order chi connectivity index (χ1) is 9.08. The van der Waals surface area contributed by atoms with Crippen LogP contribution < -0.4 is 11.1 Å². The fraction of sp³-hybridized carbons (Fsp3) is 0.500. The summed E-state index contributed by atoms with van der Waals surface area (Å²) in [6, 6.07) is 5.51. The maximum atomic E-state index is 12.0. The van der Waals surface area contributed by atoms with Gasteiger partial charge in [-0.15, -0.1) is 0 Å². The van der Waals surface area contributed by atoms with Gasteiger partial charge in [0.25, 0.3) is 0 Å². The number of ether oxygens (including phenoxy) is 1. The molecule has 0 aromatic heterocycles. The molecule has 0 bridgehead atoms. The number of anilines is 2. The molecule has 3 N–H and O–H groups in total. The topological polar surface area (TPSA) is 67.6 Å². The molecule has 0 fully saturated rings. The number of nitrogens with two attached hydrogens (primary N) is 1. The van der Waals surface area contributed by atoms with Crippen molar-refractivity contribution in [1.82, 2.24) is 4.90 Å². The summed E-state index contributed by atoms with van der Waals surface area (Å²) in [4.78, 5) is 14.0. The van der Waals surface area contributed by atoms with Crippen molar-refractivity contribution in [2.24, 2.45) is 0 Å². The number of carbonyl (C=O) groups excluding carboxylic acids is 1. The lowest BCUT2D eigenvalue weighted by atomic mass is 10.1. The molecule has 1 amide bonds. The van der Waals surface area contributed by atoms with Gasteiger partial charge in [-0.3, -0.25) is 9.69 Å². The molecule has 5 nitrogen and oxygen atoms in total. The van der Waals surface area contributed by atoms with Gasteiger partial charge in [0.15, 0.2) is 0 Å². The highest BCUT2D eigenvalue weighted by atomic mass is 16.5. The lowest BCUT2D eigenvalue weighted by molar-refractivity contribution is -0.117. The number of benzene rings is 1. The van der Waals surface area contributed by atoms with Crippen molar-refractivity contribution < 1.29 is 9.53 Å². The SMILES string of the molecule is CCN(CCOC)CC(=O)Nc1cccc(N)c1C. The van der Waals surface area contributed by atoms with Gasteiger partial charge in [-0.2, -0.15) is 0 Å². The van der Waals surface area contributed by atoms with Crippen molar-refractivity contribution in [2.75, 3.05) is 44.4 Å². The first-order valence-corrected chi connectivity index (χ1v) is 6.44. The van der Waals surface area contributed by atoms with E-state index in [0.717, 1.165) is 24.3 Å². The summed E-state index contributed by atoms with van der Waals surface area (Å²) in [6.45, 7) is 6.46. The Balaban J connectivity index is 2.56. The maximum absolute atomic E-state index is 12.0. The van der Waals surface area contributed by atoms with Gasteiger partial charge in [-0.25, -0.2) is 0 Å². The number of nitrogen functional groups attached to an aromatic ring is 1. The van der Waals surface area contributed by atoms with Gasteiger partial charge in [-0.1, -0.05) is 13.0 Å². The van der Waals surface area contributed by atoms with Crippen LogP contribution in [0, 0.1) is 6.92 Å². The highest BCUT2D eigenvalue weighted by molar-refractivity contribution is 5.93. The molecular formula is C14H23N3O2. The van der Waals surface area contributed by atoms with Gasteiger partial charge < -0.3 is 15.8 Å². The van der Waals surface area contributed by atoms with E-state index in [9.17, 15) is 4.79 Å². The van der Waals surface area contributed by atoms with Crippen molar-refractivity contribution in [1.29, 1.82) is 0 Å². The van der Waals surface area contributed by atoms with Crippen molar-refractivity contribution in [3.05, 3.63) is 23.8 Å². The quantitative estimate of drug-likeness (QED) is 0.733. The average Bonchev–Trinajstić information content (AvgIpc) is 2.40. The minimum Gasteiger partial charge on any atom is -0.398 e. The maximum Gasteiger partial charge on any atom is 0.238 e. The van der Waals surface area contributed by atoms with E-state index in [-0.39, 0.29) is 5.91 Å². The third kappa shape index (κ3) is 4.89. The summed E-state index contributed by atoms with van der Waals surface area (Å²) in [5.74, 6) is -0.0355. The molecule has 1 aromatic carbocycles. The fourth-order valence-corrected chi connectivity index (χ4v) is 1.75. The molecule has 0 heterocycles. The number of carbonyl (C=O) groups is 1. The Hall–Kier alpha value is -1.59. The molecule has 0 aliphatic rings. The Kier molecular flexibility index (Phi) is 6.32. The monoisotopic (exact) mass is 265 g/mol. The summed E-state index contributed by atoms with van der Waals surface area (Å²) in [5, 5.41) is 2.89. The molecule has 0 atom stereocenters. The van der Waals surface area contributed by atoms with Crippen molar-refractivity contribution in [3.63, 3.8) is 0 Å². The van der Waals surface area contributed by atoms with Crippen LogP contribution in [0.4, 0.5) is 11.4 Å². The van der Waals surface area contributed by atoms with Crippen molar-refractivity contribution in [3.8, 4) is 0 Å². The lowest BCUT2D eigenvalue weighted by Gasteiger charge is -2.19. The average molecular weight is 265 g/mol. The summed E-state index contributed by atoms with van der Waals surface area (Å²) in [5.41, 5.74) is 8.17. The number of amides is 1. The Morgan fingerprint density at radius 3 is 2.84 bits per heavy atom. The highest BCUT2D eigenvalue weighted by Gasteiger charge is 2.10. The van der Waals surface area contributed by atoms with E-state index in [0.29, 0.717) is 18.8 Å². The molecular weight excluding hydrogens is 242 g/mol. The molecule has 0 aliphatic heterocycles. The largest absolute Gasteiger partial charge is 0.398 e. The minimum absolute atomic E-state index is 0.0355. The summed E-state index contributed by atoms with van der Waals surface area (Å²) in [7, 11) is 1.66. The molecule has 0 spiro atoms. The molecule has 0 radical (unpaired) electrons. The predicted molar refractivity (Wildman–Crippen MR) is 78.2 cm³/mol. The number of nitrogens with one attached hydrogen (secondary N) is 1. The Labute approximate surface area is 114 Å². The summed E-state index contributed by atoms with van der Waals surface area (Å²) in [6.07, 6.45) is 0. The van der Waals surface area contributed by atoms with Crippen LogP contribution in [0.15, 0.2) is 18.2 Å². The summed E-state index contributed by atoms with van der Waals surface area (Å²) >= 11 is 0. The number of likely N-dealkylation sites (N-methyl/N-ethyl adjacent to an activating group) is 1. The van der Waals surface area contributed by atoms with Gasteiger partial charge in [0.05, 0.1) is 13.2 Å².